The highest BCUT2D eigenvalue weighted by Crippen LogP contribution is 2.23. The molecule has 0 aliphatic rings. The summed E-state index contributed by atoms with van der Waals surface area (Å²) in [5.74, 6) is -0.370. The van der Waals surface area contributed by atoms with Crippen LogP contribution in [0.3, 0.4) is 0 Å². The fourth-order valence-corrected chi connectivity index (χ4v) is 2.68. The molecule has 8 heteroatoms. The number of aromatic nitrogens is 2. The van der Waals surface area contributed by atoms with E-state index in [2.05, 4.69) is 4.98 Å². The lowest BCUT2D eigenvalue weighted by Gasteiger charge is -2.09. The second-order valence-electron chi connectivity index (χ2n) is 5.91. The third kappa shape index (κ3) is 4.33. The number of halogens is 2. The van der Waals surface area contributed by atoms with Crippen molar-refractivity contribution >= 4 is 22.8 Å². The van der Waals surface area contributed by atoms with Gasteiger partial charge in [-0.05, 0) is 36.4 Å². The molecule has 146 valence electrons. The molecule has 3 rings (SSSR count). The van der Waals surface area contributed by atoms with E-state index < -0.39 is 25.7 Å². The normalized spacial score (nSPS) is 11.0. The van der Waals surface area contributed by atoms with Crippen molar-refractivity contribution in [1.29, 1.82) is 0 Å². The Labute approximate surface area is 159 Å². The summed E-state index contributed by atoms with van der Waals surface area (Å²) < 4.78 is 37.7. The highest BCUT2D eigenvalue weighted by molar-refractivity contribution is 5.95. The maximum Gasteiger partial charge on any atom is 0.344 e. The first kappa shape index (κ1) is 19.5. The SMILES string of the molecule is CCC(=O)c1ccc(OCC(=O)OCc2nc3ccccc3n2C(F)F)cc1. The van der Waals surface area contributed by atoms with E-state index in [0.717, 1.165) is 4.57 Å². The van der Waals surface area contributed by atoms with E-state index in [0.29, 0.717) is 23.3 Å². The van der Waals surface area contributed by atoms with Gasteiger partial charge in [-0.2, -0.15) is 8.78 Å². The zero-order valence-corrected chi connectivity index (χ0v) is 15.1. The number of esters is 1. The molecule has 1 aromatic heterocycles. The average molecular weight is 388 g/mol. The largest absolute Gasteiger partial charge is 0.482 e. The summed E-state index contributed by atoms with van der Waals surface area (Å²) in [6.45, 7) is -1.83. The van der Waals surface area contributed by atoms with Crippen LogP contribution in [-0.4, -0.2) is 27.9 Å². The number of hydrogen-bond acceptors (Lipinski definition) is 5. The number of alkyl halides is 2. The number of carbonyl (C=O) groups excluding carboxylic acids is 2. The molecule has 28 heavy (non-hydrogen) atoms. The van der Waals surface area contributed by atoms with Crippen LogP contribution in [0.2, 0.25) is 0 Å². The molecule has 0 N–H and O–H groups in total. The first-order chi connectivity index (χ1) is 13.5. The van der Waals surface area contributed by atoms with Crippen molar-refractivity contribution in [2.24, 2.45) is 0 Å². The number of benzene rings is 2. The third-order valence-corrected chi connectivity index (χ3v) is 4.08. The minimum Gasteiger partial charge on any atom is -0.482 e. The molecule has 0 amide bonds. The number of para-hydroxylation sites is 2. The van der Waals surface area contributed by atoms with Gasteiger partial charge in [0, 0.05) is 12.0 Å². The van der Waals surface area contributed by atoms with Crippen molar-refractivity contribution in [3.8, 4) is 5.75 Å². The van der Waals surface area contributed by atoms with Crippen LogP contribution in [0.25, 0.3) is 11.0 Å². The number of nitrogens with zero attached hydrogens (tertiary/aromatic N) is 2. The fourth-order valence-electron chi connectivity index (χ4n) is 2.68. The first-order valence-corrected chi connectivity index (χ1v) is 8.65. The number of ketones is 1. The van der Waals surface area contributed by atoms with Gasteiger partial charge in [0.25, 0.3) is 0 Å². The highest BCUT2D eigenvalue weighted by Gasteiger charge is 2.18. The standard InChI is InChI=1S/C20H18F2N2O4/c1-2-17(25)13-7-9-14(10-8-13)27-12-19(26)28-11-18-23-15-5-3-4-6-16(15)24(18)20(21)22/h3-10,20H,2,11-12H2,1H3. The van der Waals surface area contributed by atoms with Gasteiger partial charge in [-0.25, -0.2) is 9.78 Å². The second kappa shape index (κ2) is 8.60. The summed E-state index contributed by atoms with van der Waals surface area (Å²) in [4.78, 5) is 27.5. The van der Waals surface area contributed by atoms with Crippen molar-refractivity contribution in [3.63, 3.8) is 0 Å². The van der Waals surface area contributed by atoms with Gasteiger partial charge in [0.2, 0.25) is 0 Å². The van der Waals surface area contributed by atoms with Gasteiger partial charge in [0.15, 0.2) is 18.2 Å². The molecular weight excluding hydrogens is 370 g/mol. The lowest BCUT2D eigenvalue weighted by molar-refractivity contribution is -0.147. The summed E-state index contributed by atoms with van der Waals surface area (Å²) in [6, 6.07) is 12.8. The molecule has 3 aromatic rings. The van der Waals surface area contributed by atoms with Crippen molar-refractivity contribution in [3.05, 3.63) is 59.9 Å². The summed E-state index contributed by atoms with van der Waals surface area (Å²) in [6.07, 6.45) is 0.399. The van der Waals surface area contributed by atoms with Gasteiger partial charge in [-0.15, -0.1) is 0 Å². The number of Topliss-reactive ketones (excluding diaryl/α,β-unsaturated/α-hetero) is 1. The smallest absolute Gasteiger partial charge is 0.344 e. The van der Waals surface area contributed by atoms with Crippen LogP contribution in [-0.2, 0) is 16.1 Å². The van der Waals surface area contributed by atoms with Gasteiger partial charge in [-0.3, -0.25) is 9.36 Å². The van der Waals surface area contributed by atoms with Crippen LogP contribution >= 0.6 is 0 Å². The molecular formula is C20H18F2N2O4. The molecule has 1 heterocycles. The predicted molar refractivity (Wildman–Crippen MR) is 97.3 cm³/mol. The Kier molecular flexibility index (Phi) is 5.98. The minimum absolute atomic E-state index is 0.00730. The Balaban J connectivity index is 1.58. The maximum atomic E-state index is 13.3. The molecule has 2 aromatic carbocycles. The average Bonchev–Trinajstić information content (AvgIpc) is 3.09. The molecule has 0 spiro atoms. The number of rotatable bonds is 8. The maximum absolute atomic E-state index is 13.3. The van der Waals surface area contributed by atoms with Gasteiger partial charge >= 0.3 is 12.5 Å². The summed E-state index contributed by atoms with van der Waals surface area (Å²) in [5, 5.41) is 0. The van der Waals surface area contributed by atoms with Crippen LogP contribution < -0.4 is 4.74 Å². The highest BCUT2D eigenvalue weighted by atomic mass is 19.3. The van der Waals surface area contributed by atoms with E-state index >= 15 is 0 Å². The Morgan fingerprint density at radius 1 is 1.11 bits per heavy atom. The van der Waals surface area contributed by atoms with Crippen molar-refractivity contribution in [2.75, 3.05) is 6.61 Å². The number of hydrogen-bond donors (Lipinski definition) is 0. The lowest BCUT2D eigenvalue weighted by Crippen LogP contribution is -2.16. The van der Waals surface area contributed by atoms with Crippen LogP contribution in [0.4, 0.5) is 8.78 Å². The van der Waals surface area contributed by atoms with E-state index in [4.69, 9.17) is 9.47 Å². The Bertz CT molecular complexity index is 984. The number of fused-ring (bicyclic) bond motifs is 1. The van der Waals surface area contributed by atoms with E-state index in [1.807, 2.05) is 0 Å². The molecule has 0 unspecified atom stereocenters. The fraction of sp³-hybridized carbons (Fsp3) is 0.250. The van der Waals surface area contributed by atoms with Gasteiger partial charge in [-0.1, -0.05) is 19.1 Å². The molecule has 0 bridgehead atoms. The molecule has 0 aliphatic heterocycles. The molecule has 0 saturated carbocycles. The number of ether oxygens (including phenoxy) is 2. The van der Waals surface area contributed by atoms with E-state index in [9.17, 15) is 18.4 Å². The Morgan fingerprint density at radius 3 is 2.50 bits per heavy atom. The second-order valence-corrected chi connectivity index (χ2v) is 5.91. The zero-order valence-electron chi connectivity index (χ0n) is 15.1. The van der Waals surface area contributed by atoms with Crippen LogP contribution in [0.5, 0.6) is 5.75 Å². The quantitative estimate of drug-likeness (QED) is 0.428. The third-order valence-electron chi connectivity index (χ3n) is 4.08. The summed E-state index contributed by atoms with van der Waals surface area (Å²) >= 11 is 0. The van der Waals surface area contributed by atoms with Crippen LogP contribution in [0.1, 0.15) is 36.1 Å². The predicted octanol–water partition coefficient (Wildman–Crippen LogP) is 4.15. The zero-order chi connectivity index (χ0) is 20.1. The van der Waals surface area contributed by atoms with Gasteiger partial charge in [0.05, 0.1) is 11.0 Å². The molecule has 0 atom stereocenters. The number of imidazole rings is 1. The molecule has 0 radical (unpaired) electrons. The Hall–Kier alpha value is -3.29. The van der Waals surface area contributed by atoms with Gasteiger partial charge in [0.1, 0.15) is 12.4 Å². The van der Waals surface area contributed by atoms with Crippen molar-refractivity contribution < 1.29 is 27.8 Å². The minimum atomic E-state index is -2.80. The van der Waals surface area contributed by atoms with Crippen molar-refractivity contribution in [2.45, 2.75) is 26.5 Å². The van der Waals surface area contributed by atoms with E-state index in [-0.39, 0.29) is 17.1 Å². The Morgan fingerprint density at radius 2 is 1.82 bits per heavy atom. The van der Waals surface area contributed by atoms with Crippen LogP contribution in [0, 0.1) is 0 Å². The molecule has 6 nitrogen and oxygen atoms in total. The number of carbonyl (C=O) groups is 2. The monoisotopic (exact) mass is 388 g/mol. The van der Waals surface area contributed by atoms with Gasteiger partial charge < -0.3 is 9.47 Å². The first-order valence-electron chi connectivity index (χ1n) is 8.65. The summed E-state index contributed by atoms with van der Waals surface area (Å²) in [5.41, 5.74) is 1.22. The van der Waals surface area contributed by atoms with Crippen molar-refractivity contribution in [1.82, 2.24) is 9.55 Å². The molecule has 0 aliphatic carbocycles. The lowest BCUT2D eigenvalue weighted by atomic mass is 10.1. The van der Waals surface area contributed by atoms with E-state index in [1.54, 1.807) is 49.4 Å². The van der Waals surface area contributed by atoms with E-state index in [1.165, 1.54) is 6.07 Å². The molecule has 0 fully saturated rings. The summed E-state index contributed by atoms with van der Waals surface area (Å²) in [7, 11) is 0. The topological polar surface area (TPSA) is 70.4 Å². The van der Waals surface area contributed by atoms with Crippen LogP contribution in [0.15, 0.2) is 48.5 Å². The molecule has 0 saturated heterocycles.